The summed E-state index contributed by atoms with van der Waals surface area (Å²) in [4.78, 5) is 5.10. The van der Waals surface area contributed by atoms with Crippen LogP contribution in [0.15, 0.2) is 34.7 Å². The first-order chi connectivity index (χ1) is 9.88. The van der Waals surface area contributed by atoms with Gasteiger partial charge < -0.3 is 5.32 Å². The molecule has 5 nitrogen and oxygen atoms in total. The van der Waals surface area contributed by atoms with Gasteiger partial charge in [-0.05, 0) is 18.2 Å². The maximum absolute atomic E-state index is 12.3. The van der Waals surface area contributed by atoms with Crippen LogP contribution < -0.4 is 10.0 Å². The van der Waals surface area contributed by atoms with Gasteiger partial charge in [-0.25, -0.2) is 13.4 Å². The SMILES string of the molecule is CC(C)NCc1cc(S(=O)(=O)Nc2ncccc2Cl)cs1. The second-order valence-electron chi connectivity index (χ2n) is 4.72. The Bertz CT molecular complexity index is 714. The van der Waals surface area contributed by atoms with Crippen LogP contribution in [-0.2, 0) is 16.6 Å². The molecule has 2 rings (SSSR count). The Labute approximate surface area is 133 Å². The molecule has 0 spiro atoms. The first-order valence-corrected chi connectivity index (χ1v) is 9.06. The fraction of sp³-hybridized carbons (Fsp3) is 0.308. The Kier molecular flexibility index (Phi) is 5.21. The lowest BCUT2D eigenvalue weighted by Gasteiger charge is -2.07. The van der Waals surface area contributed by atoms with Crippen molar-refractivity contribution in [3.63, 3.8) is 0 Å². The first-order valence-electron chi connectivity index (χ1n) is 6.32. The van der Waals surface area contributed by atoms with Gasteiger partial charge in [0.25, 0.3) is 10.0 Å². The van der Waals surface area contributed by atoms with Gasteiger partial charge in [0.2, 0.25) is 0 Å². The zero-order valence-electron chi connectivity index (χ0n) is 11.6. The van der Waals surface area contributed by atoms with Crippen LogP contribution in [-0.4, -0.2) is 19.4 Å². The molecule has 0 fully saturated rings. The van der Waals surface area contributed by atoms with Crippen molar-refractivity contribution in [3.05, 3.63) is 39.7 Å². The summed E-state index contributed by atoms with van der Waals surface area (Å²) >= 11 is 7.31. The van der Waals surface area contributed by atoms with Gasteiger partial charge in [-0.1, -0.05) is 25.4 Å². The molecule has 0 saturated heterocycles. The molecule has 8 heteroatoms. The van der Waals surface area contributed by atoms with E-state index in [4.69, 9.17) is 11.6 Å². The largest absolute Gasteiger partial charge is 0.310 e. The van der Waals surface area contributed by atoms with Crippen LogP contribution in [0.4, 0.5) is 5.82 Å². The minimum atomic E-state index is -3.67. The summed E-state index contributed by atoms with van der Waals surface area (Å²) in [6, 6.07) is 5.22. The maximum atomic E-state index is 12.3. The molecule has 0 unspecified atom stereocenters. The molecule has 0 radical (unpaired) electrons. The van der Waals surface area contributed by atoms with Crippen LogP contribution in [0.1, 0.15) is 18.7 Å². The summed E-state index contributed by atoms with van der Waals surface area (Å²) in [7, 11) is -3.67. The highest BCUT2D eigenvalue weighted by Crippen LogP contribution is 2.24. The van der Waals surface area contributed by atoms with Gasteiger partial charge in [-0.15, -0.1) is 11.3 Å². The first kappa shape index (κ1) is 16.2. The van der Waals surface area contributed by atoms with Gasteiger partial charge in [0.05, 0.1) is 9.92 Å². The lowest BCUT2D eigenvalue weighted by atomic mass is 10.4. The Hall–Kier alpha value is -1.15. The molecular formula is C13H16ClN3O2S2. The molecular weight excluding hydrogens is 330 g/mol. The van der Waals surface area contributed by atoms with Crippen molar-refractivity contribution in [2.24, 2.45) is 0 Å². The normalized spacial score (nSPS) is 11.8. The quantitative estimate of drug-likeness (QED) is 0.844. The Morgan fingerprint density at radius 2 is 2.19 bits per heavy atom. The van der Waals surface area contributed by atoms with Crippen molar-refractivity contribution >= 4 is 38.8 Å². The van der Waals surface area contributed by atoms with E-state index in [0.29, 0.717) is 12.6 Å². The molecule has 0 aliphatic heterocycles. The van der Waals surface area contributed by atoms with Crippen molar-refractivity contribution in [1.29, 1.82) is 0 Å². The highest BCUT2D eigenvalue weighted by Gasteiger charge is 2.18. The van der Waals surface area contributed by atoms with Crippen LogP contribution in [0.3, 0.4) is 0 Å². The second kappa shape index (κ2) is 6.74. The fourth-order valence-corrected chi connectivity index (χ4v) is 4.03. The van der Waals surface area contributed by atoms with Gasteiger partial charge in [0, 0.05) is 29.0 Å². The Balaban J connectivity index is 2.15. The third-order valence-electron chi connectivity index (χ3n) is 2.61. The van der Waals surface area contributed by atoms with E-state index in [1.54, 1.807) is 23.6 Å². The fourth-order valence-electron chi connectivity index (χ4n) is 1.55. The summed E-state index contributed by atoms with van der Waals surface area (Å²) in [5.41, 5.74) is 0. The molecule has 0 aliphatic rings. The number of nitrogens with zero attached hydrogens (tertiary/aromatic N) is 1. The number of anilines is 1. The molecule has 0 bridgehead atoms. The zero-order chi connectivity index (χ0) is 15.5. The molecule has 0 atom stereocenters. The lowest BCUT2D eigenvalue weighted by molar-refractivity contribution is 0.592. The zero-order valence-corrected chi connectivity index (χ0v) is 14.0. The minimum Gasteiger partial charge on any atom is -0.310 e. The highest BCUT2D eigenvalue weighted by atomic mass is 35.5. The van der Waals surface area contributed by atoms with Crippen molar-refractivity contribution < 1.29 is 8.42 Å². The van der Waals surface area contributed by atoms with Gasteiger partial charge >= 0.3 is 0 Å². The Morgan fingerprint density at radius 1 is 1.43 bits per heavy atom. The number of hydrogen-bond acceptors (Lipinski definition) is 5. The van der Waals surface area contributed by atoms with E-state index in [1.807, 2.05) is 13.8 Å². The van der Waals surface area contributed by atoms with Crippen molar-refractivity contribution in [2.75, 3.05) is 4.72 Å². The lowest BCUT2D eigenvalue weighted by Crippen LogP contribution is -2.21. The Morgan fingerprint density at radius 3 is 2.86 bits per heavy atom. The standard InChI is InChI=1S/C13H16ClN3O2S2/c1-9(2)16-7-10-6-11(8-20-10)21(18,19)17-13-12(14)4-3-5-15-13/h3-6,8-9,16H,7H2,1-2H3,(H,15,17). The predicted molar refractivity (Wildman–Crippen MR) is 86.4 cm³/mol. The molecule has 2 N–H and O–H groups in total. The smallest absolute Gasteiger partial charge is 0.263 e. The number of thiophene rings is 1. The van der Waals surface area contributed by atoms with E-state index < -0.39 is 10.0 Å². The molecule has 0 amide bonds. The van der Waals surface area contributed by atoms with Gasteiger partial charge in [0.15, 0.2) is 5.82 Å². The average Bonchev–Trinajstić information content (AvgIpc) is 2.88. The molecule has 2 heterocycles. The minimum absolute atomic E-state index is 0.132. The highest BCUT2D eigenvalue weighted by molar-refractivity contribution is 7.92. The number of rotatable bonds is 6. The molecule has 114 valence electrons. The number of aromatic nitrogens is 1. The third-order valence-corrected chi connectivity index (χ3v) is 5.32. The van der Waals surface area contributed by atoms with E-state index in [-0.39, 0.29) is 15.7 Å². The van der Waals surface area contributed by atoms with Gasteiger partial charge in [0.1, 0.15) is 0 Å². The summed E-state index contributed by atoms with van der Waals surface area (Å²) in [6.45, 7) is 4.72. The summed E-state index contributed by atoms with van der Waals surface area (Å²) in [6.07, 6.45) is 1.48. The molecule has 0 aromatic carbocycles. The van der Waals surface area contributed by atoms with Gasteiger partial charge in [-0.2, -0.15) is 0 Å². The van der Waals surface area contributed by atoms with Crippen molar-refractivity contribution in [1.82, 2.24) is 10.3 Å². The van der Waals surface area contributed by atoms with E-state index >= 15 is 0 Å². The van der Waals surface area contributed by atoms with Crippen molar-refractivity contribution in [3.8, 4) is 0 Å². The van der Waals surface area contributed by atoms with Crippen LogP contribution in [0.5, 0.6) is 0 Å². The summed E-state index contributed by atoms with van der Waals surface area (Å²) in [5, 5.41) is 5.12. The van der Waals surface area contributed by atoms with Gasteiger partial charge in [-0.3, -0.25) is 4.72 Å². The van der Waals surface area contributed by atoms with E-state index in [2.05, 4.69) is 15.0 Å². The maximum Gasteiger partial charge on any atom is 0.263 e. The number of halogens is 1. The number of hydrogen-bond donors (Lipinski definition) is 2. The summed E-state index contributed by atoms with van der Waals surface area (Å²) in [5.74, 6) is 0.132. The molecule has 0 saturated carbocycles. The topological polar surface area (TPSA) is 71.1 Å². The number of sulfonamides is 1. The molecule has 0 aliphatic carbocycles. The monoisotopic (exact) mass is 345 g/mol. The second-order valence-corrected chi connectivity index (χ2v) is 7.81. The number of nitrogens with one attached hydrogen (secondary N) is 2. The summed E-state index contributed by atoms with van der Waals surface area (Å²) < 4.78 is 27.0. The van der Waals surface area contributed by atoms with Crippen LogP contribution >= 0.6 is 22.9 Å². The number of pyridine rings is 1. The van der Waals surface area contributed by atoms with Crippen molar-refractivity contribution in [2.45, 2.75) is 31.3 Å². The third kappa shape index (κ3) is 4.41. The van der Waals surface area contributed by atoms with Crippen LogP contribution in [0.25, 0.3) is 0 Å². The molecule has 2 aromatic heterocycles. The predicted octanol–water partition coefficient (Wildman–Crippen LogP) is 3.10. The molecule has 21 heavy (non-hydrogen) atoms. The molecule has 2 aromatic rings. The van der Waals surface area contributed by atoms with E-state index in [9.17, 15) is 8.42 Å². The van der Waals surface area contributed by atoms with E-state index in [0.717, 1.165) is 4.88 Å². The van der Waals surface area contributed by atoms with E-state index in [1.165, 1.54) is 17.5 Å². The van der Waals surface area contributed by atoms with Crippen LogP contribution in [0, 0.1) is 0 Å². The van der Waals surface area contributed by atoms with Crippen LogP contribution in [0.2, 0.25) is 5.02 Å². The average molecular weight is 346 g/mol.